The molecule has 21 heavy (non-hydrogen) atoms. The fourth-order valence-electron chi connectivity index (χ4n) is 2.70. The third-order valence-corrected chi connectivity index (χ3v) is 4.18. The lowest BCUT2D eigenvalue weighted by Gasteiger charge is -2.39. The molecule has 1 aromatic carbocycles. The van der Waals surface area contributed by atoms with Gasteiger partial charge in [-0.25, -0.2) is 0 Å². The molecule has 1 atom stereocenters. The van der Waals surface area contributed by atoms with Crippen molar-refractivity contribution >= 4 is 17.3 Å². The van der Waals surface area contributed by atoms with Crippen molar-refractivity contribution in [1.29, 1.82) is 0 Å². The van der Waals surface area contributed by atoms with Crippen molar-refractivity contribution in [2.75, 3.05) is 44.3 Å². The van der Waals surface area contributed by atoms with Crippen LogP contribution in [0.25, 0.3) is 0 Å². The molecular formula is C16H26N4O. The normalized spacial score (nSPS) is 20.4. The Kier molecular flexibility index (Phi) is 5.59. The zero-order chi connectivity index (χ0) is 15.2. The van der Waals surface area contributed by atoms with Crippen molar-refractivity contribution < 1.29 is 4.79 Å². The summed E-state index contributed by atoms with van der Waals surface area (Å²) in [5.41, 5.74) is 7.14. The standard InChI is InChI=1S/C16H26N4O/c1-3-15-12-20(11-10-19(15)2)9-8-16(21)18-14-6-4-13(17)5-7-14/h4-7,15H,3,8-12,17H2,1-2H3,(H,18,21). The van der Waals surface area contributed by atoms with Gasteiger partial charge in [-0.2, -0.15) is 0 Å². The molecule has 0 aromatic heterocycles. The van der Waals surface area contributed by atoms with Crippen LogP contribution in [0.15, 0.2) is 24.3 Å². The second-order valence-electron chi connectivity index (χ2n) is 5.76. The Labute approximate surface area is 127 Å². The van der Waals surface area contributed by atoms with Gasteiger partial charge in [0.25, 0.3) is 0 Å². The maximum absolute atomic E-state index is 12.0. The lowest BCUT2D eigenvalue weighted by molar-refractivity contribution is -0.116. The van der Waals surface area contributed by atoms with Gasteiger partial charge in [0.05, 0.1) is 0 Å². The number of nitrogens with two attached hydrogens (primary N) is 1. The van der Waals surface area contributed by atoms with Gasteiger partial charge in [0.15, 0.2) is 0 Å². The van der Waals surface area contributed by atoms with Crippen molar-refractivity contribution in [3.63, 3.8) is 0 Å². The Morgan fingerprint density at radius 3 is 2.71 bits per heavy atom. The Balaban J connectivity index is 1.75. The van der Waals surface area contributed by atoms with Crippen LogP contribution in [-0.4, -0.2) is 55.0 Å². The third kappa shape index (κ3) is 4.72. The molecule has 5 nitrogen and oxygen atoms in total. The second kappa shape index (κ2) is 7.43. The highest BCUT2D eigenvalue weighted by Crippen LogP contribution is 2.13. The summed E-state index contributed by atoms with van der Waals surface area (Å²) in [6.45, 7) is 6.23. The predicted octanol–water partition coefficient (Wildman–Crippen LogP) is 1.62. The first-order valence-corrected chi connectivity index (χ1v) is 7.66. The summed E-state index contributed by atoms with van der Waals surface area (Å²) in [4.78, 5) is 16.8. The van der Waals surface area contributed by atoms with Crippen molar-refractivity contribution in [3.05, 3.63) is 24.3 Å². The number of piperazine rings is 1. The summed E-state index contributed by atoms with van der Waals surface area (Å²) in [5, 5.41) is 2.91. The molecule has 0 spiro atoms. The Morgan fingerprint density at radius 2 is 2.05 bits per heavy atom. The molecule has 1 aliphatic rings. The average molecular weight is 290 g/mol. The molecule has 116 valence electrons. The number of anilines is 2. The molecule has 0 bridgehead atoms. The Morgan fingerprint density at radius 1 is 1.33 bits per heavy atom. The Bertz CT molecular complexity index is 460. The average Bonchev–Trinajstić information content (AvgIpc) is 2.49. The monoisotopic (exact) mass is 290 g/mol. The summed E-state index contributed by atoms with van der Waals surface area (Å²) in [6, 6.07) is 7.86. The number of hydrogen-bond donors (Lipinski definition) is 2. The van der Waals surface area contributed by atoms with E-state index in [2.05, 4.69) is 29.1 Å². The van der Waals surface area contributed by atoms with Gasteiger partial charge in [0.1, 0.15) is 0 Å². The fraction of sp³-hybridized carbons (Fsp3) is 0.562. The highest BCUT2D eigenvalue weighted by Gasteiger charge is 2.22. The molecule has 1 amide bonds. The van der Waals surface area contributed by atoms with E-state index >= 15 is 0 Å². The minimum absolute atomic E-state index is 0.0618. The molecule has 3 N–H and O–H groups in total. The van der Waals surface area contributed by atoms with Gasteiger partial charge in [-0.15, -0.1) is 0 Å². The predicted molar refractivity (Wildman–Crippen MR) is 87.3 cm³/mol. The first-order valence-electron chi connectivity index (χ1n) is 7.66. The van der Waals surface area contributed by atoms with Crippen LogP contribution in [0.1, 0.15) is 19.8 Å². The number of carbonyl (C=O) groups excluding carboxylic acids is 1. The Hall–Kier alpha value is -1.59. The van der Waals surface area contributed by atoms with Crippen LogP contribution in [-0.2, 0) is 4.79 Å². The number of rotatable bonds is 5. The van der Waals surface area contributed by atoms with E-state index in [4.69, 9.17) is 5.73 Å². The number of benzene rings is 1. The molecule has 1 aliphatic heterocycles. The molecule has 0 aliphatic carbocycles. The van der Waals surface area contributed by atoms with Gasteiger partial charge < -0.3 is 16.0 Å². The molecule has 5 heteroatoms. The number of amides is 1. The van der Waals surface area contributed by atoms with E-state index in [1.54, 1.807) is 12.1 Å². The first-order chi connectivity index (χ1) is 10.1. The maximum atomic E-state index is 12.0. The smallest absolute Gasteiger partial charge is 0.225 e. The fourth-order valence-corrected chi connectivity index (χ4v) is 2.70. The van der Waals surface area contributed by atoms with E-state index in [1.807, 2.05) is 12.1 Å². The van der Waals surface area contributed by atoms with E-state index < -0.39 is 0 Å². The van der Waals surface area contributed by atoms with Gasteiger partial charge >= 0.3 is 0 Å². The molecule has 1 aromatic rings. The van der Waals surface area contributed by atoms with Gasteiger partial charge in [-0.3, -0.25) is 9.69 Å². The van der Waals surface area contributed by atoms with Crippen molar-refractivity contribution in [1.82, 2.24) is 9.80 Å². The SMILES string of the molecule is CCC1CN(CCC(=O)Nc2ccc(N)cc2)CCN1C. The van der Waals surface area contributed by atoms with E-state index in [0.29, 0.717) is 18.2 Å². The number of nitrogen functional groups attached to an aromatic ring is 1. The van der Waals surface area contributed by atoms with Crippen LogP contribution in [0, 0.1) is 0 Å². The lowest BCUT2D eigenvalue weighted by atomic mass is 10.1. The van der Waals surface area contributed by atoms with E-state index in [0.717, 1.165) is 38.3 Å². The van der Waals surface area contributed by atoms with Gasteiger partial charge in [0, 0.05) is 50.0 Å². The summed E-state index contributed by atoms with van der Waals surface area (Å²) in [6.07, 6.45) is 1.69. The lowest BCUT2D eigenvalue weighted by Crippen LogP contribution is -2.51. The maximum Gasteiger partial charge on any atom is 0.225 e. The highest BCUT2D eigenvalue weighted by molar-refractivity contribution is 5.90. The minimum atomic E-state index is 0.0618. The quantitative estimate of drug-likeness (QED) is 0.809. The largest absolute Gasteiger partial charge is 0.399 e. The van der Waals surface area contributed by atoms with E-state index in [1.165, 1.54) is 0 Å². The molecule has 0 saturated carbocycles. The summed E-state index contributed by atoms with van der Waals surface area (Å²) in [5.74, 6) is 0.0618. The van der Waals surface area contributed by atoms with E-state index in [-0.39, 0.29) is 5.91 Å². The van der Waals surface area contributed by atoms with Crippen LogP contribution in [0.4, 0.5) is 11.4 Å². The minimum Gasteiger partial charge on any atom is -0.399 e. The summed E-state index contributed by atoms with van der Waals surface area (Å²) >= 11 is 0. The second-order valence-corrected chi connectivity index (χ2v) is 5.76. The number of hydrogen-bond acceptors (Lipinski definition) is 4. The van der Waals surface area contributed by atoms with Crippen molar-refractivity contribution in [2.24, 2.45) is 0 Å². The summed E-state index contributed by atoms with van der Waals surface area (Å²) in [7, 11) is 2.18. The molecule has 1 heterocycles. The topological polar surface area (TPSA) is 61.6 Å². The van der Waals surface area contributed by atoms with Crippen molar-refractivity contribution in [2.45, 2.75) is 25.8 Å². The molecule has 1 unspecified atom stereocenters. The van der Waals surface area contributed by atoms with Gasteiger partial charge in [-0.1, -0.05) is 6.92 Å². The number of nitrogens with one attached hydrogen (secondary N) is 1. The molecule has 1 fully saturated rings. The van der Waals surface area contributed by atoms with Crippen LogP contribution in [0.5, 0.6) is 0 Å². The number of nitrogens with zero attached hydrogens (tertiary/aromatic N) is 2. The highest BCUT2D eigenvalue weighted by atomic mass is 16.1. The first kappa shape index (κ1) is 15.8. The van der Waals surface area contributed by atoms with Crippen LogP contribution < -0.4 is 11.1 Å². The van der Waals surface area contributed by atoms with E-state index in [9.17, 15) is 4.79 Å². The zero-order valence-corrected chi connectivity index (χ0v) is 13.0. The van der Waals surface area contributed by atoms with Gasteiger partial charge in [-0.05, 0) is 37.7 Å². The van der Waals surface area contributed by atoms with Crippen LogP contribution in [0.3, 0.4) is 0 Å². The van der Waals surface area contributed by atoms with Crippen LogP contribution >= 0.6 is 0 Å². The number of carbonyl (C=O) groups is 1. The van der Waals surface area contributed by atoms with Gasteiger partial charge in [0.2, 0.25) is 5.91 Å². The zero-order valence-electron chi connectivity index (χ0n) is 13.0. The van der Waals surface area contributed by atoms with Crippen molar-refractivity contribution in [3.8, 4) is 0 Å². The number of likely N-dealkylation sites (N-methyl/N-ethyl adjacent to an activating group) is 1. The molecule has 0 radical (unpaired) electrons. The summed E-state index contributed by atoms with van der Waals surface area (Å²) < 4.78 is 0. The molecule has 2 rings (SSSR count). The molecular weight excluding hydrogens is 264 g/mol. The molecule has 1 saturated heterocycles. The third-order valence-electron chi connectivity index (χ3n) is 4.18. The van der Waals surface area contributed by atoms with Crippen LogP contribution in [0.2, 0.25) is 0 Å².